The molecule has 0 aliphatic heterocycles. The first-order valence-electron chi connectivity index (χ1n) is 6.84. The Kier molecular flexibility index (Phi) is 6.19. The van der Waals surface area contributed by atoms with Gasteiger partial charge in [0.05, 0.1) is 0 Å². The van der Waals surface area contributed by atoms with Gasteiger partial charge in [-0.05, 0) is 30.9 Å². The van der Waals surface area contributed by atoms with E-state index >= 15 is 0 Å². The zero-order chi connectivity index (χ0) is 14.3. The number of nitrogens with one attached hydrogen (secondary N) is 2. The van der Waals surface area contributed by atoms with Crippen molar-refractivity contribution in [1.29, 1.82) is 0 Å². The van der Waals surface area contributed by atoms with E-state index in [-0.39, 0.29) is 12.3 Å². The average molecular weight is 264 g/mol. The number of benzene rings is 1. The molecule has 0 heterocycles. The molecule has 0 saturated heterocycles. The second-order valence-corrected chi connectivity index (χ2v) is 4.85. The summed E-state index contributed by atoms with van der Waals surface area (Å²) >= 11 is 0. The van der Waals surface area contributed by atoms with Gasteiger partial charge in [-0.25, -0.2) is 4.79 Å². The molecule has 0 aromatic heterocycles. The third-order valence-electron chi connectivity index (χ3n) is 2.71. The summed E-state index contributed by atoms with van der Waals surface area (Å²) in [6.07, 6.45) is 0.551. The predicted molar refractivity (Wildman–Crippen MR) is 77.4 cm³/mol. The van der Waals surface area contributed by atoms with Gasteiger partial charge in [0.2, 0.25) is 0 Å². The van der Waals surface area contributed by atoms with Gasteiger partial charge in [-0.15, -0.1) is 0 Å². The maximum absolute atomic E-state index is 11.5. The summed E-state index contributed by atoms with van der Waals surface area (Å²) in [5.41, 5.74) is 1.14. The monoisotopic (exact) mass is 264 g/mol. The van der Waals surface area contributed by atoms with Crippen molar-refractivity contribution in [3.63, 3.8) is 0 Å². The molecular formula is C15H24N2O2. The molecule has 0 aliphatic carbocycles. The van der Waals surface area contributed by atoms with Crippen molar-refractivity contribution in [2.45, 2.75) is 46.3 Å². The SMILES string of the molecule is CCCNC(=O)NC(C)Oc1ccccc1C(C)C. The van der Waals surface area contributed by atoms with Crippen LogP contribution in [0.4, 0.5) is 4.79 Å². The van der Waals surface area contributed by atoms with Gasteiger partial charge in [-0.1, -0.05) is 39.0 Å². The van der Waals surface area contributed by atoms with Crippen molar-refractivity contribution in [2.24, 2.45) is 0 Å². The minimum Gasteiger partial charge on any atom is -0.471 e. The van der Waals surface area contributed by atoms with Crippen molar-refractivity contribution in [3.05, 3.63) is 29.8 Å². The summed E-state index contributed by atoms with van der Waals surface area (Å²) in [5.74, 6) is 1.21. The summed E-state index contributed by atoms with van der Waals surface area (Å²) in [6.45, 7) is 8.74. The molecule has 19 heavy (non-hydrogen) atoms. The first kappa shape index (κ1) is 15.3. The summed E-state index contributed by atoms with van der Waals surface area (Å²) < 4.78 is 5.79. The Morgan fingerprint density at radius 3 is 2.58 bits per heavy atom. The van der Waals surface area contributed by atoms with Crippen LogP contribution in [0.3, 0.4) is 0 Å². The molecule has 2 amide bonds. The van der Waals surface area contributed by atoms with Crippen LogP contribution in [0.1, 0.15) is 45.6 Å². The molecule has 1 rings (SSSR count). The number of ether oxygens (including phenoxy) is 1. The summed E-state index contributed by atoms with van der Waals surface area (Å²) in [5, 5.41) is 5.51. The lowest BCUT2D eigenvalue weighted by Gasteiger charge is -2.20. The topological polar surface area (TPSA) is 50.4 Å². The molecule has 0 saturated carbocycles. The Labute approximate surface area is 115 Å². The van der Waals surface area contributed by atoms with Crippen LogP contribution in [0.15, 0.2) is 24.3 Å². The van der Waals surface area contributed by atoms with Crippen molar-refractivity contribution >= 4 is 6.03 Å². The molecule has 4 nitrogen and oxygen atoms in total. The van der Waals surface area contributed by atoms with E-state index in [1.54, 1.807) is 0 Å². The largest absolute Gasteiger partial charge is 0.471 e. The summed E-state index contributed by atoms with van der Waals surface area (Å²) in [6, 6.07) is 7.71. The Hall–Kier alpha value is -1.71. The van der Waals surface area contributed by atoms with Crippen molar-refractivity contribution in [2.75, 3.05) is 6.54 Å². The molecule has 106 valence electrons. The lowest BCUT2D eigenvalue weighted by molar-refractivity contribution is 0.175. The lowest BCUT2D eigenvalue weighted by Crippen LogP contribution is -2.43. The first-order chi connectivity index (χ1) is 9.04. The maximum atomic E-state index is 11.5. The third kappa shape index (κ3) is 5.20. The van der Waals surface area contributed by atoms with Crippen LogP contribution < -0.4 is 15.4 Å². The Morgan fingerprint density at radius 2 is 1.95 bits per heavy atom. The quantitative estimate of drug-likeness (QED) is 0.775. The van der Waals surface area contributed by atoms with Gasteiger partial charge in [0.25, 0.3) is 0 Å². The van der Waals surface area contributed by atoms with Gasteiger partial charge in [0.1, 0.15) is 5.75 Å². The van der Waals surface area contributed by atoms with Crippen LogP contribution in [0.5, 0.6) is 5.75 Å². The van der Waals surface area contributed by atoms with Gasteiger partial charge in [-0.3, -0.25) is 0 Å². The highest BCUT2D eigenvalue weighted by Gasteiger charge is 2.11. The number of carbonyl (C=O) groups is 1. The Bertz CT molecular complexity index is 405. The standard InChI is InChI=1S/C15H24N2O2/c1-5-10-16-15(18)17-12(4)19-14-9-7-6-8-13(14)11(2)3/h6-9,11-12H,5,10H2,1-4H3,(H2,16,17,18). The average Bonchev–Trinajstić information content (AvgIpc) is 2.36. The molecular weight excluding hydrogens is 240 g/mol. The fourth-order valence-electron chi connectivity index (χ4n) is 1.76. The molecule has 4 heteroatoms. The fraction of sp³-hybridized carbons (Fsp3) is 0.533. The van der Waals surface area contributed by atoms with Gasteiger partial charge in [0, 0.05) is 6.54 Å². The maximum Gasteiger partial charge on any atom is 0.317 e. The highest BCUT2D eigenvalue weighted by atomic mass is 16.5. The smallest absolute Gasteiger partial charge is 0.317 e. The van der Waals surface area contributed by atoms with Gasteiger partial charge >= 0.3 is 6.03 Å². The van der Waals surface area contributed by atoms with Crippen molar-refractivity contribution < 1.29 is 9.53 Å². The van der Waals surface area contributed by atoms with Gasteiger partial charge in [0.15, 0.2) is 6.23 Å². The van der Waals surface area contributed by atoms with Crippen LogP contribution in [-0.2, 0) is 0 Å². The number of urea groups is 1. The summed E-state index contributed by atoms with van der Waals surface area (Å²) in [4.78, 5) is 11.5. The van der Waals surface area contributed by atoms with E-state index in [2.05, 4.69) is 24.5 Å². The number of rotatable bonds is 6. The second-order valence-electron chi connectivity index (χ2n) is 4.85. The third-order valence-corrected chi connectivity index (χ3v) is 2.71. The lowest BCUT2D eigenvalue weighted by atomic mass is 10.0. The van der Waals surface area contributed by atoms with Gasteiger partial charge in [-0.2, -0.15) is 0 Å². The van der Waals surface area contributed by atoms with Crippen LogP contribution in [0, 0.1) is 0 Å². The minimum atomic E-state index is -0.364. The van der Waals surface area contributed by atoms with E-state index in [9.17, 15) is 4.79 Å². The van der Waals surface area contributed by atoms with Crippen LogP contribution in [0.2, 0.25) is 0 Å². The van der Waals surface area contributed by atoms with Crippen LogP contribution in [0.25, 0.3) is 0 Å². The van der Waals surface area contributed by atoms with Crippen molar-refractivity contribution in [3.8, 4) is 5.75 Å². The number of para-hydroxylation sites is 1. The number of hydrogen-bond donors (Lipinski definition) is 2. The molecule has 0 spiro atoms. The molecule has 0 radical (unpaired) electrons. The Morgan fingerprint density at radius 1 is 1.26 bits per heavy atom. The second kappa shape index (κ2) is 7.67. The molecule has 0 bridgehead atoms. The zero-order valence-corrected chi connectivity index (χ0v) is 12.2. The van der Waals surface area contributed by atoms with Gasteiger partial charge < -0.3 is 15.4 Å². The molecule has 2 N–H and O–H groups in total. The van der Waals surface area contributed by atoms with E-state index in [0.717, 1.165) is 17.7 Å². The van der Waals surface area contributed by atoms with Crippen molar-refractivity contribution in [1.82, 2.24) is 10.6 Å². The number of hydrogen-bond acceptors (Lipinski definition) is 2. The van der Waals surface area contributed by atoms with Crippen LogP contribution in [-0.4, -0.2) is 18.8 Å². The number of amides is 2. The molecule has 1 unspecified atom stereocenters. The normalized spacial score (nSPS) is 12.1. The minimum absolute atomic E-state index is 0.198. The van der Waals surface area contributed by atoms with E-state index in [0.29, 0.717) is 12.5 Å². The predicted octanol–water partition coefficient (Wildman–Crippen LogP) is 3.24. The molecule has 1 aromatic rings. The number of carbonyl (C=O) groups excluding carboxylic acids is 1. The molecule has 0 fully saturated rings. The highest BCUT2D eigenvalue weighted by Crippen LogP contribution is 2.26. The van der Waals surface area contributed by atoms with E-state index in [4.69, 9.17) is 4.74 Å². The summed E-state index contributed by atoms with van der Waals surface area (Å²) in [7, 11) is 0. The van der Waals surface area contributed by atoms with Crippen LogP contribution >= 0.6 is 0 Å². The fourth-order valence-corrected chi connectivity index (χ4v) is 1.76. The Balaban J connectivity index is 2.57. The highest BCUT2D eigenvalue weighted by molar-refractivity contribution is 5.73. The zero-order valence-electron chi connectivity index (χ0n) is 12.2. The molecule has 1 aromatic carbocycles. The van der Waals surface area contributed by atoms with E-state index in [1.165, 1.54) is 0 Å². The molecule has 0 aliphatic rings. The van der Waals surface area contributed by atoms with E-state index in [1.807, 2.05) is 38.1 Å². The molecule has 1 atom stereocenters. The first-order valence-corrected chi connectivity index (χ1v) is 6.84. The van der Waals surface area contributed by atoms with E-state index < -0.39 is 0 Å².